The minimum Gasteiger partial charge on any atom is -0.368 e. The Balaban J connectivity index is 1.55. The second kappa shape index (κ2) is 6.59. The molecule has 1 aliphatic carbocycles. The second-order valence-electron chi connectivity index (χ2n) is 6.62. The lowest BCUT2D eigenvalue weighted by molar-refractivity contribution is 0.190. The van der Waals surface area contributed by atoms with E-state index in [4.69, 9.17) is 0 Å². The van der Waals surface area contributed by atoms with Crippen molar-refractivity contribution in [2.45, 2.75) is 45.6 Å². The summed E-state index contributed by atoms with van der Waals surface area (Å²) >= 11 is 0. The third-order valence-corrected chi connectivity index (χ3v) is 5.17. The number of carbonyl (C=O) groups excluding carboxylic acids is 1. The molecular weight excluding hydrogens is 274 g/mol. The third kappa shape index (κ3) is 3.21. The predicted molar refractivity (Wildman–Crippen MR) is 90.5 cm³/mol. The SMILES string of the molecule is Cc1cccc(N2CCN(C(=O)NC3CCCC3)CC2)c1C. The molecule has 2 fully saturated rings. The van der Waals surface area contributed by atoms with Crippen LogP contribution in [0, 0.1) is 13.8 Å². The highest BCUT2D eigenvalue weighted by Crippen LogP contribution is 2.24. The first kappa shape index (κ1) is 15.2. The number of benzene rings is 1. The normalized spacial score (nSPS) is 19.5. The molecular formula is C18H27N3O. The van der Waals surface area contributed by atoms with Crippen LogP contribution in [0.4, 0.5) is 10.5 Å². The maximum Gasteiger partial charge on any atom is 0.317 e. The van der Waals surface area contributed by atoms with E-state index in [-0.39, 0.29) is 6.03 Å². The lowest BCUT2D eigenvalue weighted by Gasteiger charge is -2.37. The van der Waals surface area contributed by atoms with Gasteiger partial charge >= 0.3 is 6.03 Å². The van der Waals surface area contributed by atoms with Crippen LogP contribution in [0.3, 0.4) is 0 Å². The molecule has 3 rings (SSSR count). The van der Waals surface area contributed by atoms with Crippen LogP contribution in [0.5, 0.6) is 0 Å². The molecule has 1 N–H and O–H groups in total. The second-order valence-corrected chi connectivity index (χ2v) is 6.62. The van der Waals surface area contributed by atoms with E-state index in [0.717, 1.165) is 39.0 Å². The maximum atomic E-state index is 12.3. The number of nitrogens with zero attached hydrogens (tertiary/aromatic N) is 2. The summed E-state index contributed by atoms with van der Waals surface area (Å²) in [5.74, 6) is 0. The van der Waals surface area contributed by atoms with Gasteiger partial charge in [0.05, 0.1) is 0 Å². The van der Waals surface area contributed by atoms with Gasteiger partial charge in [0.25, 0.3) is 0 Å². The monoisotopic (exact) mass is 301 g/mol. The summed E-state index contributed by atoms with van der Waals surface area (Å²) in [5.41, 5.74) is 4.00. The molecule has 4 nitrogen and oxygen atoms in total. The lowest BCUT2D eigenvalue weighted by atomic mass is 10.1. The van der Waals surface area contributed by atoms with Gasteiger partial charge in [-0.25, -0.2) is 4.79 Å². The zero-order valence-corrected chi connectivity index (χ0v) is 13.8. The number of urea groups is 1. The van der Waals surface area contributed by atoms with Crippen molar-refractivity contribution >= 4 is 11.7 Å². The Kier molecular flexibility index (Phi) is 4.55. The Hall–Kier alpha value is -1.71. The Morgan fingerprint density at radius 1 is 1.09 bits per heavy atom. The highest BCUT2D eigenvalue weighted by atomic mass is 16.2. The molecule has 0 bridgehead atoms. The Bertz CT molecular complexity index is 529. The highest BCUT2D eigenvalue weighted by molar-refractivity contribution is 5.75. The summed E-state index contributed by atoms with van der Waals surface area (Å²) in [7, 11) is 0. The number of aryl methyl sites for hydroxylation is 1. The van der Waals surface area contributed by atoms with E-state index < -0.39 is 0 Å². The van der Waals surface area contributed by atoms with Crippen LogP contribution >= 0.6 is 0 Å². The molecule has 0 spiro atoms. The summed E-state index contributed by atoms with van der Waals surface area (Å²) in [5, 5.41) is 3.19. The first-order valence-electron chi connectivity index (χ1n) is 8.52. The van der Waals surface area contributed by atoms with Crippen LogP contribution in [-0.4, -0.2) is 43.2 Å². The van der Waals surface area contributed by atoms with Crippen molar-refractivity contribution in [2.75, 3.05) is 31.1 Å². The average molecular weight is 301 g/mol. The molecule has 0 aromatic heterocycles. The van der Waals surface area contributed by atoms with Crippen LogP contribution in [0.25, 0.3) is 0 Å². The number of anilines is 1. The van der Waals surface area contributed by atoms with Gasteiger partial charge in [0.1, 0.15) is 0 Å². The molecule has 1 aliphatic heterocycles. The number of piperazine rings is 1. The number of carbonyl (C=O) groups is 1. The zero-order chi connectivity index (χ0) is 15.5. The number of amides is 2. The molecule has 1 saturated carbocycles. The Morgan fingerprint density at radius 2 is 1.77 bits per heavy atom. The van der Waals surface area contributed by atoms with E-state index in [0.29, 0.717) is 6.04 Å². The highest BCUT2D eigenvalue weighted by Gasteiger charge is 2.25. The third-order valence-electron chi connectivity index (χ3n) is 5.17. The summed E-state index contributed by atoms with van der Waals surface area (Å²) in [4.78, 5) is 16.7. The lowest BCUT2D eigenvalue weighted by Crippen LogP contribution is -2.53. The molecule has 2 aliphatic rings. The van der Waals surface area contributed by atoms with Crippen molar-refractivity contribution in [3.8, 4) is 0 Å². The van der Waals surface area contributed by atoms with Gasteiger partial charge in [-0.3, -0.25) is 0 Å². The van der Waals surface area contributed by atoms with E-state index in [1.165, 1.54) is 29.7 Å². The molecule has 2 amide bonds. The van der Waals surface area contributed by atoms with Crippen LogP contribution in [-0.2, 0) is 0 Å². The maximum absolute atomic E-state index is 12.3. The van der Waals surface area contributed by atoms with E-state index >= 15 is 0 Å². The average Bonchev–Trinajstić information content (AvgIpc) is 3.03. The molecule has 0 atom stereocenters. The van der Waals surface area contributed by atoms with Crippen LogP contribution in [0.2, 0.25) is 0 Å². The number of hydrogen-bond acceptors (Lipinski definition) is 2. The van der Waals surface area contributed by atoms with Gasteiger partial charge in [0, 0.05) is 37.9 Å². The van der Waals surface area contributed by atoms with Crippen LogP contribution < -0.4 is 10.2 Å². The number of rotatable bonds is 2. The molecule has 1 aromatic rings. The Labute approximate surface area is 133 Å². The van der Waals surface area contributed by atoms with Crippen molar-refractivity contribution in [2.24, 2.45) is 0 Å². The molecule has 120 valence electrons. The Morgan fingerprint density at radius 3 is 2.45 bits per heavy atom. The van der Waals surface area contributed by atoms with Crippen molar-refractivity contribution in [1.82, 2.24) is 10.2 Å². The minimum atomic E-state index is 0.132. The fraction of sp³-hybridized carbons (Fsp3) is 0.611. The molecule has 4 heteroatoms. The molecule has 22 heavy (non-hydrogen) atoms. The molecule has 0 unspecified atom stereocenters. The molecule has 0 radical (unpaired) electrons. The molecule has 1 aromatic carbocycles. The van der Waals surface area contributed by atoms with Crippen LogP contribution in [0.1, 0.15) is 36.8 Å². The van der Waals surface area contributed by atoms with Gasteiger partial charge in [-0.2, -0.15) is 0 Å². The van der Waals surface area contributed by atoms with Crippen molar-refractivity contribution in [3.63, 3.8) is 0 Å². The van der Waals surface area contributed by atoms with E-state index in [2.05, 4.69) is 42.3 Å². The molecule has 1 saturated heterocycles. The zero-order valence-electron chi connectivity index (χ0n) is 13.8. The van der Waals surface area contributed by atoms with Gasteiger partial charge in [0.15, 0.2) is 0 Å². The predicted octanol–water partition coefficient (Wildman–Crippen LogP) is 3.08. The molecule has 1 heterocycles. The summed E-state index contributed by atoms with van der Waals surface area (Å²) in [6.07, 6.45) is 4.80. The summed E-state index contributed by atoms with van der Waals surface area (Å²) < 4.78 is 0. The topological polar surface area (TPSA) is 35.6 Å². The first-order chi connectivity index (χ1) is 10.6. The van der Waals surface area contributed by atoms with Gasteiger partial charge in [-0.1, -0.05) is 25.0 Å². The van der Waals surface area contributed by atoms with Crippen molar-refractivity contribution < 1.29 is 4.79 Å². The summed E-state index contributed by atoms with van der Waals surface area (Å²) in [6.45, 7) is 7.80. The largest absolute Gasteiger partial charge is 0.368 e. The quantitative estimate of drug-likeness (QED) is 0.911. The van der Waals surface area contributed by atoms with Gasteiger partial charge in [-0.05, 0) is 43.9 Å². The summed E-state index contributed by atoms with van der Waals surface area (Å²) in [6, 6.07) is 7.01. The standard InChI is InChI=1S/C18H27N3O/c1-14-6-5-9-17(15(14)2)20-10-12-21(13-11-20)18(22)19-16-7-3-4-8-16/h5-6,9,16H,3-4,7-8,10-13H2,1-2H3,(H,19,22). The fourth-order valence-electron chi connectivity index (χ4n) is 3.56. The smallest absolute Gasteiger partial charge is 0.317 e. The number of nitrogens with one attached hydrogen (secondary N) is 1. The van der Waals surface area contributed by atoms with E-state index in [9.17, 15) is 4.79 Å². The van der Waals surface area contributed by atoms with Crippen LogP contribution in [0.15, 0.2) is 18.2 Å². The van der Waals surface area contributed by atoms with Crippen molar-refractivity contribution in [3.05, 3.63) is 29.3 Å². The van der Waals surface area contributed by atoms with Gasteiger partial charge in [-0.15, -0.1) is 0 Å². The first-order valence-corrected chi connectivity index (χ1v) is 8.52. The minimum absolute atomic E-state index is 0.132. The fourth-order valence-corrected chi connectivity index (χ4v) is 3.56. The van der Waals surface area contributed by atoms with E-state index in [1.54, 1.807) is 0 Å². The van der Waals surface area contributed by atoms with Gasteiger partial charge < -0.3 is 15.1 Å². The van der Waals surface area contributed by atoms with Gasteiger partial charge in [0.2, 0.25) is 0 Å². The van der Waals surface area contributed by atoms with E-state index in [1.807, 2.05) is 4.90 Å². The van der Waals surface area contributed by atoms with Crippen molar-refractivity contribution in [1.29, 1.82) is 0 Å². The number of hydrogen-bond donors (Lipinski definition) is 1.